The van der Waals surface area contributed by atoms with E-state index in [2.05, 4.69) is 22.5 Å². The SMILES string of the molecule is CN=C(NCc1cccc(C(N)=O)c1)NC(C)CCC1CCCCC1. The number of hydrogen-bond donors (Lipinski definition) is 3. The van der Waals surface area contributed by atoms with E-state index >= 15 is 0 Å². The smallest absolute Gasteiger partial charge is 0.248 e. The largest absolute Gasteiger partial charge is 0.366 e. The second-order valence-electron chi connectivity index (χ2n) is 7.12. The second-order valence-corrected chi connectivity index (χ2v) is 7.12. The molecule has 1 aromatic carbocycles. The number of nitrogens with two attached hydrogens (primary N) is 1. The van der Waals surface area contributed by atoms with Crippen LogP contribution in [-0.2, 0) is 6.54 Å². The number of primary amides is 1. The monoisotopic (exact) mass is 344 g/mol. The lowest BCUT2D eigenvalue weighted by atomic mass is 9.85. The van der Waals surface area contributed by atoms with Crippen LogP contribution in [0.5, 0.6) is 0 Å². The van der Waals surface area contributed by atoms with Crippen LogP contribution in [-0.4, -0.2) is 25.0 Å². The molecule has 0 aromatic heterocycles. The quantitative estimate of drug-likeness (QED) is 0.525. The Balaban J connectivity index is 1.75. The molecule has 1 aliphatic carbocycles. The Morgan fingerprint density at radius 3 is 2.76 bits per heavy atom. The highest BCUT2D eigenvalue weighted by molar-refractivity contribution is 5.92. The molecule has 0 aliphatic heterocycles. The molecule has 5 nitrogen and oxygen atoms in total. The molecule has 25 heavy (non-hydrogen) atoms. The van der Waals surface area contributed by atoms with Crippen LogP contribution in [0.3, 0.4) is 0 Å². The maximum absolute atomic E-state index is 11.3. The fraction of sp³-hybridized carbons (Fsp3) is 0.600. The molecule has 0 bridgehead atoms. The first-order valence-corrected chi connectivity index (χ1v) is 9.44. The predicted octanol–water partition coefficient (Wildman–Crippen LogP) is 3.20. The lowest BCUT2D eigenvalue weighted by Crippen LogP contribution is -2.42. The Kier molecular flexibility index (Phi) is 7.76. The number of hydrogen-bond acceptors (Lipinski definition) is 2. The zero-order chi connectivity index (χ0) is 18.1. The molecule has 0 heterocycles. The van der Waals surface area contributed by atoms with E-state index < -0.39 is 5.91 Å². The van der Waals surface area contributed by atoms with E-state index in [0.29, 0.717) is 18.2 Å². The number of rotatable bonds is 7. The number of amides is 1. The molecule has 138 valence electrons. The first-order valence-electron chi connectivity index (χ1n) is 9.44. The van der Waals surface area contributed by atoms with Crippen LogP contribution < -0.4 is 16.4 Å². The lowest BCUT2D eigenvalue weighted by molar-refractivity contribution is 0.1000. The third-order valence-corrected chi connectivity index (χ3v) is 5.01. The number of carbonyl (C=O) groups is 1. The average Bonchev–Trinajstić information content (AvgIpc) is 2.64. The highest BCUT2D eigenvalue weighted by atomic mass is 16.1. The summed E-state index contributed by atoms with van der Waals surface area (Å²) in [6, 6.07) is 7.76. The third kappa shape index (κ3) is 6.77. The molecule has 1 fully saturated rings. The van der Waals surface area contributed by atoms with Gasteiger partial charge in [-0.2, -0.15) is 0 Å². The molecule has 0 spiro atoms. The van der Waals surface area contributed by atoms with Crippen molar-refractivity contribution >= 4 is 11.9 Å². The number of benzene rings is 1. The Bertz CT molecular complexity index is 579. The highest BCUT2D eigenvalue weighted by Crippen LogP contribution is 2.27. The van der Waals surface area contributed by atoms with E-state index in [1.807, 2.05) is 18.2 Å². The number of nitrogens with one attached hydrogen (secondary N) is 2. The molecule has 1 saturated carbocycles. The molecule has 1 unspecified atom stereocenters. The van der Waals surface area contributed by atoms with Gasteiger partial charge in [0.05, 0.1) is 0 Å². The van der Waals surface area contributed by atoms with E-state index in [0.717, 1.165) is 17.4 Å². The second kappa shape index (κ2) is 10.1. The maximum Gasteiger partial charge on any atom is 0.248 e. The van der Waals surface area contributed by atoms with Crippen molar-refractivity contribution in [1.29, 1.82) is 0 Å². The number of nitrogens with zero attached hydrogens (tertiary/aromatic N) is 1. The van der Waals surface area contributed by atoms with Crippen LogP contribution in [0.15, 0.2) is 29.3 Å². The van der Waals surface area contributed by atoms with E-state index in [1.54, 1.807) is 13.1 Å². The number of aliphatic imine (C=N–C) groups is 1. The summed E-state index contributed by atoms with van der Waals surface area (Å²) in [5, 5.41) is 6.77. The van der Waals surface area contributed by atoms with Crippen molar-refractivity contribution < 1.29 is 4.79 Å². The van der Waals surface area contributed by atoms with E-state index in [4.69, 9.17) is 5.73 Å². The van der Waals surface area contributed by atoms with Gasteiger partial charge in [-0.05, 0) is 43.4 Å². The summed E-state index contributed by atoms with van der Waals surface area (Å²) < 4.78 is 0. The minimum absolute atomic E-state index is 0.394. The van der Waals surface area contributed by atoms with Crippen molar-refractivity contribution in [2.45, 2.75) is 64.5 Å². The Morgan fingerprint density at radius 2 is 2.08 bits per heavy atom. The summed E-state index contributed by atoms with van der Waals surface area (Å²) in [4.78, 5) is 15.6. The fourth-order valence-corrected chi connectivity index (χ4v) is 3.48. The predicted molar refractivity (Wildman–Crippen MR) is 104 cm³/mol. The van der Waals surface area contributed by atoms with E-state index in [-0.39, 0.29) is 0 Å². The molecular formula is C20H32N4O. The topological polar surface area (TPSA) is 79.5 Å². The van der Waals surface area contributed by atoms with Gasteiger partial charge in [-0.15, -0.1) is 0 Å². The molecule has 1 aromatic rings. The van der Waals surface area contributed by atoms with Gasteiger partial charge in [0.15, 0.2) is 5.96 Å². The summed E-state index contributed by atoms with van der Waals surface area (Å²) in [6.45, 7) is 2.82. The van der Waals surface area contributed by atoms with Gasteiger partial charge in [-0.3, -0.25) is 9.79 Å². The van der Waals surface area contributed by atoms with Crippen LogP contribution >= 0.6 is 0 Å². The van der Waals surface area contributed by atoms with Crippen LogP contribution in [0.2, 0.25) is 0 Å². The van der Waals surface area contributed by atoms with Gasteiger partial charge in [0.25, 0.3) is 0 Å². The average molecular weight is 345 g/mol. The molecule has 1 aliphatic rings. The minimum Gasteiger partial charge on any atom is -0.366 e. The molecule has 5 heteroatoms. The van der Waals surface area contributed by atoms with Crippen LogP contribution in [0.1, 0.15) is 67.8 Å². The Morgan fingerprint density at radius 1 is 1.32 bits per heavy atom. The van der Waals surface area contributed by atoms with Crippen LogP contribution in [0.25, 0.3) is 0 Å². The van der Waals surface area contributed by atoms with Crippen molar-refractivity contribution in [3.63, 3.8) is 0 Å². The first-order chi connectivity index (χ1) is 12.1. The Labute approximate surface area is 151 Å². The summed E-state index contributed by atoms with van der Waals surface area (Å²) in [6.07, 6.45) is 9.48. The molecule has 2 rings (SSSR count). The van der Waals surface area contributed by atoms with Crippen molar-refractivity contribution in [3.05, 3.63) is 35.4 Å². The minimum atomic E-state index is -0.402. The van der Waals surface area contributed by atoms with Gasteiger partial charge in [0, 0.05) is 25.2 Å². The maximum atomic E-state index is 11.3. The van der Waals surface area contributed by atoms with Crippen molar-refractivity contribution in [2.24, 2.45) is 16.6 Å². The summed E-state index contributed by atoms with van der Waals surface area (Å²) in [7, 11) is 1.78. The zero-order valence-electron chi connectivity index (χ0n) is 15.6. The molecule has 1 atom stereocenters. The Hall–Kier alpha value is -2.04. The van der Waals surface area contributed by atoms with Gasteiger partial charge in [-0.1, -0.05) is 44.2 Å². The molecular weight excluding hydrogens is 312 g/mol. The van der Waals surface area contributed by atoms with Crippen molar-refractivity contribution in [2.75, 3.05) is 7.05 Å². The van der Waals surface area contributed by atoms with Gasteiger partial charge < -0.3 is 16.4 Å². The molecule has 0 saturated heterocycles. The summed E-state index contributed by atoms with van der Waals surface area (Å²) in [5.41, 5.74) is 6.87. The molecule has 0 radical (unpaired) electrons. The van der Waals surface area contributed by atoms with Gasteiger partial charge in [0.1, 0.15) is 0 Å². The lowest BCUT2D eigenvalue weighted by Gasteiger charge is -2.24. The van der Waals surface area contributed by atoms with Crippen LogP contribution in [0.4, 0.5) is 0 Å². The number of guanidine groups is 1. The molecule has 4 N–H and O–H groups in total. The summed E-state index contributed by atoms with van der Waals surface area (Å²) >= 11 is 0. The van der Waals surface area contributed by atoms with Crippen LogP contribution in [0, 0.1) is 5.92 Å². The standard InChI is InChI=1S/C20H32N4O/c1-15(11-12-16-7-4-3-5-8-16)24-20(22-2)23-14-17-9-6-10-18(13-17)19(21)25/h6,9-10,13,15-16H,3-5,7-8,11-12,14H2,1-2H3,(H2,21,25)(H2,22,23,24). The van der Waals surface area contributed by atoms with Crippen molar-refractivity contribution in [1.82, 2.24) is 10.6 Å². The van der Waals surface area contributed by atoms with E-state index in [9.17, 15) is 4.79 Å². The van der Waals surface area contributed by atoms with Crippen molar-refractivity contribution in [3.8, 4) is 0 Å². The number of carbonyl (C=O) groups excluding carboxylic acids is 1. The highest BCUT2D eigenvalue weighted by Gasteiger charge is 2.15. The van der Waals surface area contributed by atoms with E-state index in [1.165, 1.54) is 44.9 Å². The summed E-state index contributed by atoms with van der Waals surface area (Å²) in [5.74, 6) is 1.30. The fourth-order valence-electron chi connectivity index (χ4n) is 3.48. The van der Waals surface area contributed by atoms with Gasteiger partial charge in [-0.25, -0.2) is 0 Å². The normalized spacial score (nSPS) is 17.1. The van der Waals surface area contributed by atoms with Gasteiger partial charge >= 0.3 is 0 Å². The third-order valence-electron chi connectivity index (χ3n) is 5.01. The first kappa shape index (κ1) is 19.3. The van der Waals surface area contributed by atoms with Gasteiger partial charge in [0.2, 0.25) is 5.91 Å². The zero-order valence-corrected chi connectivity index (χ0v) is 15.6. The molecule has 1 amide bonds.